The lowest BCUT2D eigenvalue weighted by Gasteiger charge is -2.10. The molecule has 1 aliphatic rings. The quantitative estimate of drug-likeness (QED) is 0.460. The van der Waals surface area contributed by atoms with Crippen molar-refractivity contribution in [2.24, 2.45) is 10.9 Å². The molecule has 0 amide bonds. The fraction of sp³-hybridized carbons (Fsp3) is 0.769. The molecule has 6 nitrogen and oxygen atoms in total. The van der Waals surface area contributed by atoms with Crippen LogP contribution < -0.4 is 10.6 Å². The maximum absolute atomic E-state index is 5.07. The Kier molecular flexibility index (Phi) is 4.76. The molecule has 0 aliphatic heterocycles. The molecule has 19 heavy (non-hydrogen) atoms. The lowest BCUT2D eigenvalue weighted by atomic mass is 10.3. The van der Waals surface area contributed by atoms with E-state index in [0.29, 0.717) is 17.8 Å². The third-order valence-corrected chi connectivity index (χ3v) is 3.16. The first-order valence-electron chi connectivity index (χ1n) is 7.03. The minimum absolute atomic E-state index is 0.594. The van der Waals surface area contributed by atoms with E-state index in [1.54, 1.807) is 0 Å². The van der Waals surface area contributed by atoms with Gasteiger partial charge < -0.3 is 15.2 Å². The number of guanidine groups is 1. The van der Waals surface area contributed by atoms with E-state index in [9.17, 15) is 0 Å². The third-order valence-electron chi connectivity index (χ3n) is 3.16. The number of nitrogens with zero attached hydrogens (tertiary/aromatic N) is 3. The first kappa shape index (κ1) is 13.8. The molecule has 2 rings (SSSR count). The van der Waals surface area contributed by atoms with Crippen molar-refractivity contribution in [3.05, 3.63) is 11.7 Å². The molecule has 6 heteroatoms. The topological polar surface area (TPSA) is 75.3 Å². The zero-order valence-electron chi connectivity index (χ0n) is 11.9. The second-order valence-electron chi connectivity index (χ2n) is 5.06. The van der Waals surface area contributed by atoms with E-state index < -0.39 is 0 Å². The molecule has 0 aromatic carbocycles. The summed E-state index contributed by atoms with van der Waals surface area (Å²) in [6.45, 7) is 7.80. The van der Waals surface area contributed by atoms with Crippen LogP contribution in [0, 0.1) is 12.8 Å². The Bertz CT molecular complexity index is 428. The highest BCUT2D eigenvalue weighted by Crippen LogP contribution is 2.28. The van der Waals surface area contributed by atoms with Gasteiger partial charge in [0.25, 0.3) is 0 Å². The zero-order chi connectivity index (χ0) is 13.7. The lowest BCUT2D eigenvalue weighted by molar-refractivity contribution is 0.372. The highest BCUT2D eigenvalue weighted by Gasteiger charge is 2.33. The van der Waals surface area contributed by atoms with E-state index in [2.05, 4.69) is 39.6 Å². The number of nitrogens with one attached hydrogen (secondary N) is 2. The fourth-order valence-electron chi connectivity index (χ4n) is 1.88. The molecule has 0 saturated heterocycles. The summed E-state index contributed by atoms with van der Waals surface area (Å²) in [5, 5.41) is 10.5. The maximum atomic E-state index is 5.07. The molecule has 1 fully saturated rings. The Morgan fingerprint density at radius 3 is 2.89 bits per heavy atom. The summed E-state index contributed by atoms with van der Waals surface area (Å²) in [5.41, 5.74) is 0. The average molecular weight is 265 g/mol. The average Bonchev–Trinajstić information content (AvgIpc) is 2.89. The number of hydrogen-bond donors (Lipinski definition) is 2. The summed E-state index contributed by atoms with van der Waals surface area (Å²) in [6.07, 6.45) is 2.94. The predicted octanol–water partition coefficient (Wildman–Crippen LogP) is 1.27. The van der Waals surface area contributed by atoms with Gasteiger partial charge >= 0.3 is 0 Å². The SMILES string of the molecule is CCNC(=NCCCc1nc(C)no1)NC1CC1C. The Morgan fingerprint density at radius 1 is 1.53 bits per heavy atom. The summed E-state index contributed by atoms with van der Waals surface area (Å²) in [6, 6.07) is 0.594. The van der Waals surface area contributed by atoms with Crippen LogP contribution in [0.1, 0.15) is 38.4 Å². The molecule has 2 atom stereocenters. The zero-order valence-corrected chi connectivity index (χ0v) is 11.9. The number of rotatable bonds is 6. The van der Waals surface area contributed by atoms with Crippen LogP contribution in [0.25, 0.3) is 0 Å². The van der Waals surface area contributed by atoms with Crippen LogP contribution in [0.4, 0.5) is 0 Å². The Hall–Kier alpha value is -1.59. The molecule has 2 unspecified atom stereocenters. The highest BCUT2D eigenvalue weighted by molar-refractivity contribution is 5.80. The lowest BCUT2D eigenvalue weighted by Crippen LogP contribution is -2.39. The highest BCUT2D eigenvalue weighted by atomic mass is 16.5. The van der Waals surface area contributed by atoms with Gasteiger partial charge in [-0.25, -0.2) is 0 Å². The molecule has 0 spiro atoms. The summed E-state index contributed by atoms with van der Waals surface area (Å²) in [7, 11) is 0. The predicted molar refractivity (Wildman–Crippen MR) is 74.0 cm³/mol. The smallest absolute Gasteiger partial charge is 0.226 e. The van der Waals surface area contributed by atoms with Crippen molar-refractivity contribution in [2.45, 2.75) is 46.1 Å². The van der Waals surface area contributed by atoms with Crippen molar-refractivity contribution >= 4 is 5.96 Å². The summed E-state index contributed by atoms with van der Waals surface area (Å²) < 4.78 is 5.07. The van der Waals surface area contributed by atoms with Crippen LogP contribution in [0.15, 0.2) is 9.52 Å². The van der Waals surface area contributed by atoms with Gasteiger partial charge in [-0.2, -0.15) is 4.98 Å². The van der Waals surface area contributed by atoms with Gasteiger partial charge in [-0.3, -0.25) is 4.99 Å². The van der Waals surface area contributed by atoms with Crippen molar-refractivity contribution < 1.29 is 4.52 Å². The largest absolute Gasteiger partial charge is 0.357 e. The summed E-state index contributed by atoms with van der Waals surface area (Å²) in [5.74, 6) is 3.07. The van der Waals surface area contributed by atoms with Crippen molar-refractivity contribution in [2.75, 3.05) is 13.1 Å². The van der Waals surface area contributed by atoms with Gasteiger partial charge in [-0.15, -0.1) is 0 Å². The summed E-state index contributed by atoms with van der Waals surface area (Å²) >= 11 is 0. The van der Waals surface area contributed by atoms with Crippen LogP contribution >= 0.6 is 0 Å². The minimum atomic E-state index is 0.594. The van der Waals surface area contributed by atoms with Gasteiger partial charge in [0.2, 0.25) is 5.89 Å². The summed E-state index contributed by atoms with van der Waals surface area (Å²) in [4.78, 5) is 8.73. The number of aromatic nitrogens is 2. The van der Waals surface area contributed by atoms with Crippen LogP contribution in [-0.2, 0) is 6.42 Å². The van der Waals surface area contributed by atoms with Crippen LogP contribution in [-0.4, -0.2) is 35.2 Å². The van der Waals surface area contributed by atoms with Crippen LogP contribution in [0.5, 0.6) is 0 Å². The Morgan fingerprint density at radius 2 is 2.32 bits per heavy atom. The van der Waals surface area contributed by atoms with Crippen molar-refractivity contribution in [3.8, 4) is 0 Å². The van der Waals surface area contributed by atoms with Crippen molar-refractivity contribution in [1.29, 1.82) is 0 Å². The van der Waals surface area contributed by atoms with Gasteiger partial charge in [-0.05, 0) is 32.6 Å². The molecule has 1 aliphatic carbocycles. The van der Waals surface area contributed by atoms with E-state index in [1.165, 1.54) is 6.42 Å². The van der Waals surface area contributed by atoms with Gasteiger partial charge in [0, 0.05) is 25.6 Å². The van der Waals surface area contributed by atoms with Gasteiger partial charge in [0.1, 0.15) is 0 Å². The van der Waals surface area contributed by atoms with Crippen LogP contribution in [0.3, 0.4) is 0 Å². The molecule has 1 saturated carbocycles. The number of aryl methyl sites for hydroxylation is 2. The first-order valence-corrected chi connectivity index (χ1v) is 7.03. The fourth-order valence-corrected chi connectivity index (χ4v) is 1.88. The first-order chi connectivity index (χ1) is 9.19. The maximum Gasteiger partial charge on any atom is 0.226 e. The molecule has 106 valence electrons. The van der Waals surface area contributed by atoms with Gasteiger partial charge in [0.15, 0.2) is 11.8 Å². The molecular formula is C13H23N5O. The molecule has 0 bridgehead atoms. The Balaban J connectivity index is 1.71. The number of hydrogen-bond acceptors (Lipinski definition) is 4. The third kappa shape index (κ3) is 4.54. The molecule has 0 radical (unpaired) electrons. The molecule has 1 aromatic heterocycles. The standard InChI is InChI=1S/C13H23N5O/c1-4-14-13(17-11-8-9(11)2)15-7-5-6-12-16-10(3)18-19-12/h9,11H,4-8H2,1-3H3,(H2,14,15,17). The number of aliphatic imine (C=N–C) groups is 1. The molecule has 1 heterocycles. The van der Waals surface area contributed by atoms with Crippen molar-refractivity contribution in [3.63, 3.8) is 0 Å². The van der Waals surface area contributed by atoms with E-state index >= 15 is 0 Å². The Labute approximate surface area is 114 Å². The van der Waals surface area contributed by atoms with E-state index in [1.807, 2.05) is 6.92 Å². The van der Waals surface area contributed by atoms with Gasteiger partial charge in [0.05, 0.1) is 0 Å². The second-order valence-corrected chi connectivity index (χ2v) is 5.06. The van der Waals surface area contributed by atoms with Gasteiger partial charge in [-0.1, -0.05) is 12.1 Å². The normalized spacial score (nSPS) is 22.4. The van der Waals surface area contributed by atoms with E-state index in [0.717, 1.165) is 37.8 Å². The molecule has 1 aromatic rings. The van der Waals surface area contributed by atoms with Crippen LogP contribution in [0.2, 0.25) is 0 Å². The minimum Gasteiger partial charge on any atom is -0.357 e. The van der Waals surface area contributed by atoms with Crippen molar-refractivity contribution in [1.82, 2.24) is 20.8 Å². The molecule has 2 N–H and O–H groups in total. The monoisotopic (exact) mass is 265 g/mol. The van der Waals surface area contributed by atoms with E-state index in [-0.39, 0.29) is 0 Å². The van der Waals surface area contributed by atoms with E-state index in [4.69, 9.17) is 4.52 Å². The molecular weight excluding hydrogens is 242 g/mol. The second kappa shape index (κ2) is 6.54.